The Morgan fingerprint density at radius 2 is 1.74 bits per heavy atom. The molecule has 0 spiro atoms. The van der Waals surface area contributed by atoms with Crippen molar-refractivity contribution in [3.8, 4) is 17.4 Å². The van der Waals surface area contributed by atoms with Gasteiger partial charge in [0.25, 0.3) is 5.91 Å². The van der Waals surface area contributed by atoms with Crippen LogP contribution in [-0.2, 0) is 4.79 Å². The van der Waals surface area contributed by atoms with Crippen molar-refractivity contribution in [2.45, 2.75) is 0 Å². The van der Waals surface area contributed by atoms with Gasteiger partial charge in [-0.25, -0.2) is 0 Å². The fourth-order valence-electron chi connectivity index (χ4n) is 3.53. The summed E-state index contributed by atoms with van der Waals surface area (Å²) >= 11 is 12.2. The molecule has 0 aliphatic carbocycles. The van der Waals surface area contributed by atoms with Gasteiger partial charge in [0.05, 0.1) is 5.02 Å². The second-order valence-electron chi connectivity index (χ2n) is 7.11. The van der Waals surface area contributed by atoms with Crippen molar-refractivity contribution in [1.29, 1.82) is 5.26 Å². The summed E-state index contributed by atoms with van der Waals surface area (Å²) in [4.78, 5) is 16.8. The monoisotopic (exact) mass is 451 g/mol. The number of benzene rings is 2. The van der Waals surface area contributed by atoms with Gasteiger partial charge in [-0.3, -0.25) is 4.79 Å². The standard InChI is InChI=1S/C24H19Cl2N3O2/c25-18-6-8-21(22(26)15-18)23-9-7-20(31-23)14-17(16-27)24(30)29-12-10-28(11-13-29)19-4-2-1-3-5-19/h1-9,14-15H,10-13H2/b17-14+. The normalized spacial score (nSPS) is 14.4. The maximum absolute atomic E-state index is 12.9. The lowest BCUT2D eigenvalue weighted by molar-refractivity contribution is -0.126. The molecule has 3 aromatic rings. The van der Waals surface area contributed by atoms with E-state index in [-0.39, 0.29) is 11.5 Å². The van der Waals surface area contributed by atoms with E-state index in [1.807, 2.05) is 24.3 Å². The molecule has 2 heterocycles. The van der Waals surface area contributed by atoms with E-state index < -0.39 is 0 Å². The molecule has 1 fully saturated rings. The van der Waals surface area contributed by atoms with Gasteiger partial charge < -0.3 is 14.2 Å². The molecule has 1 aliphatic rings. The third-order valence-electron chi connectivity index (χ3n) is 5.15. The van der Waals surface area contributed by atoms with Gasteiger partial charge in [0.15, 0.2) is 0 Å². The van der Waals surface area contributed by atoms with Gasteiger partial charge >= 0.3 is 0 Å². The van der Waals surface area contributed by atoms with E-state index in [2.05, 4.69) is 17.0 Å². The molecule has 0 unspecified atom stereocenters. The largest absolute Gasteiger partial charge is 0.457 e. The van der Waals surface area contributed by atoms with Crippen molar-refractivity contribution >= 4 is 40.9 Å². The summed E-state index contributed by atoms with van der Waals surface area (Å²) in [5.74, 6) is 0.653. The van der Waals surface area contributed by atoms with Crippen molar-refractivity contribution in [3.05, 3.63) is 82.0 Å². The van der Waals surface area contributed by atoms with Crippen LogP contribution in [0.15, 0.2) is 70.7 Å². The number of carbonyl (C=O) groups is 1. The Labute approximate surface area is 190 Å². The lowest BCUT2D eigenvalue weighted by Gasteiger charge is -2.36. The van der Waals surface area contributed by atoms with E-state index in [0.29, 0.717) is 53.3 Å². The zero-order chi connectivity index (χ0) is 21.8. The molecule has 31 heavy (non-hydrogen) atoms. The number of carbonyl (C=O) groups excluding carboxylic acids is 1. The van der Waals surface area contributed by atoms with Gasteiger partial charge in [0.2, 0.25) is 0 Å². The van der Waals surface area contributed by atoms with Crippen molar-refractivity contribution in [1.82, 2.24) is 4.90 Å². The van der Waals surface area contributed by atoms with E-state index in [1.54, 1.807) is 35.2 Å². The Kier molecular flexibility index (Phi) is 6.31. The maximum Gasteiger partial charge on any atom is 0.264 e. The Morgan fingerprint density at radius 3 is 2.42 bits per heavy atom. The van der Waals surface area contributed by atoms with Crippen molar-refractivity contribution in [3.63, 3.8) is 0 Å². The molecule has 156 valence electrons. The number of para-hydroxylation sites is 1. The number of nitriles is 1. The summed E-state index contributed by atoms with van der Waals surface area (Å²) in [6.07, 6.45) is 1.47. The van der Waals surface area contributed by atoms with Crippen LogP contribution in [0, 0.1) is 11.3 Å². The predicted octanol–water partition coefficient (Wildman–Crippen LogP) is 5.51. The van der Waals surface area contributed by atoms with Gasteiger partial charge in [-0.05, 0) is 42.5 Å². The van der Waals surface area contributed by atoms with Crippen LogP contribution in [0.3, 0.4) is 0 Å². The highest BCUT2D eigenvalue weighted by atomic mass is 35.5. The molecule has 0 bridgehead atoms. The van der Waals surface area contributed by atoms with Gasteiger partial charge in [-0.15, -0.1) is 0 Å². The second-order valence-corrected chi connectivity index (χ2v) is 7.95. The van der Waals surface area contributed by atoms with Crippen LogP contribution in [0.1, 0.15) is 5.76 Å². The number of piperazine rings is 1. The number of anilines is 1. The number of furan rings is 1. The molecular weight excluding hydrogens is 433 g/mol. The quantitative estimate of drug-likeness (QED) is 0.387. The first kappa shape index (κ1) is 21.0. The summed E-state index contributed by atoms with van der Waals surface area (Å²) in [6, 6.07) is 20.7. The van der Waals surface area contributed by atoms with Crippen LogP contribution in [0.25, 0.3) is 17.4 Å². The van der Waals surface area contributed by atoms with Crippen LogP contribution >= 0.6 is 23.2 Å². The number of halogens is 2. The number of rotatable bonds is 4. The minimum atomic E-state index is -0.294. The molecule has 0 saturated carbocycles. The van der Waals surface area contributed by atoms with Gasteiger partial charge in [0, 0.05) is 48.5 Å². The molecular formula is C24H19Cl2N3O2. The molecule has 5 nitrogen and oxygen atoms in total. The van der Waals surface area contributed by atoms with E-state index in [0.717, 1.165) is 5.69 Å². The highest BCUT2D eigenvalue weighted by molar-refractivity contribution is 6.36. The average molecular weight is 452 g/mol. The fourth-order valence-corrected chi connectivity index (χ4v) is 4.03. The Morgan fingerprint density at radius 1 is 1.00 bits per heavy atom. The molecule has 1 aliphatic heterocycles. The summed E-state index contributed by atoms with van der Waals surface area (Å²) in [5, 5.41) is 10.6. The number of hydrogen-bond donors (Lipinski definition) is 0. The topological polar surface area (TPSA) is 60.5 Å². The lowest BCUT2D eigenvalue weighted by Crippen LogP contribution is -2.49. The molecule has 0 N–H and O–H groups in total. The first-order valence-electron chi connectivity index (χ1n) is 9.81. The smallest absolute Gasteiger partial charge is 0.264 e. The van der Waals surface area contributed by atoms with E-state index in [4.69, 9.17) is 27.6 Å². The van der Waals surface area contributed by atoms with E-state index in [9.17, 15) is 10.1 Å². The van der Waals surface area contributed by atoms with Crippen LogP contribution in [0.5, 0.6) is 0 Å². The van der Waals surface area contributed by atoms with Gasteiger partial charge in [0.1, 0.15) is 23.2 Å². The first-order valence-corrected chi connectivity index (χ1v) is 10.6. The Hall–Kier alpha value is -3.20. The Balaban J connectivity index is 1.46. The summed E-state index contributed by atoms with van der Waals surface area (Å²) < 4.78 is 5.80. The SMILES string of the molecule is N#C/C(=C\c1ccc(-c2ccc(Cl)cc2Cl)o1)C(=O)N1CCN(c2ccccc2)CC1. The van der Waals surface area contributed by atoms with Crippen molar-refractivity contribution < 1.29 is 9.21 Å². The minimum Gasteiger partial charge on any atom is -0.457 e. The lowest BCUT2D eigenvalue weighted by atomic mass is 10.1. The van der Waals surface area contributed by atoms with Crippen molar-refractivity contribution in [2.24, 2.45) is 0 Å². The molecule has 7 heteroatoms. The second kappa shape index (κ2) is 9.30. The molecule has 2 aromatic carbocycles. The van der Waals surface area contributed by atoms with Crippen LogP contribution in [0.2, 0.25) is 10.0 Å². The maximum atomic E-state index is 12.9. The van der Waals surface area contributed by atoms with Crippen LogP contribution in [-0.4, -0.2) is 37.0 Å². The molecule has 0 radical (unpaired) electrons. The summed E-state index contributed by atoms with van der Waals surface area (Å²) in [6.45, 7) is 2.54. The summed E-state index contributed by atoms with van der Waals surface area (Å²) in [7, 11) is 0. The zero-order valence-corrected chi connectivity index (χ0v) is 18.1. The summed E-state index contributed by atoms with van der Waals surface area (Å²) in [5.41, 5.74) is 1.86. The predicted molar refractivity (Wildman–Crippen MR) is 123 cm³/mol. The molecule has 1 amide bonds. The average Bonchev–Trinajstić information content (AvgIpc) is 3.26. The van der Waals surface area contributed by atoms with Gasteiger partial charge in [-0.1, -0.05) is 41.4 Å². The van der Waals surface area contributed by atoms with E-state index >= 15 is 0 Å². The minimum absolute atomic E-state index is 0.0382. The van der Waals surface area contributed by atoms with Gasteiger partial charge in [-0.2, -0.15) is 5.26 Å². The molecule has 4 rings (SSSR count). The third-order valence-corrected chi connectivity index (χ3v) is 5.70. The molecule has 1 saturated heterocycles. The highest BCUT2D eigenvalue weighted by Crippen LogP contribution is 2.32. The number of amides is 1. The van der Waals surface area contributed by atoms with E-state index in [1.165, 1.54) is 6.08 Å². The van der Waals surface area contributed by atoms with Crippen LogP contribution in [0.4, 0.5) is 5.69 Å². The number of nitrogens with zero attached hydrogens (tertiary/aromatic N) is 3. The van der Waals surface area contributed by atoms with Crippen LogP contribution < -0.4 is 4.90 Å². The highest BCUT2D eigenvalue weighted by Gasteiger charge is 2.24. The molecule has 0 atom stereocenters. The van der Waals surface area contributed by atoms with Crippen molar-refractivity contribution in [2.75, 3.05) is 31.1 Å². The third kappa shape index (κ3) is 4.77. The fraction of sp³-hybridized carbons (Fsp3) is 0.167. The molecule has 1 aromatic heterocycles. The number of hydrogen-bond acceptors (Lipinski definition) is 4. The Bertz CT molecular complexity index is 1160. The first-order chi connectivity index (χ1) is 15.0. The zero-order valence-electron chi connectivity index (χ0n) is 16.6.